The van der Waals surface area contributed by atoms with Crippen molar-refractivity contribution in [1.82, 2.24) is 4.98 Å². The largest absolute Gasteiger partial charge is 0.384 e. The number of benzene rings is 2. The molecule has 0 amide bonds. The van der Waals surface area contributed by atoms with Crippen LogP contribution in [0.15, 0.2) is 58.5 Å². The molecule has 5 heteroatoms. The number of aromatic nitrogens is 1. The molecule has 0 aliphatic carbocycles. The van der Waals surface area contributed by atoms with E-state index in [1.54, 1.807) is 12.1 Å². The summed E-state index contributed by atoms with van der Waals surface area (Å²) >= 11 is 1.37. The Bertz CT molecular complexity index is 762. The fourth-order valence-corrected chi connectivity index (χ4v) is 3.11. The van der Waals surface area contributed by atoms with Crippen molar-refractivity contribution in [2.45, 2.75) is 9.92 Å². The third kappa shape index (κ3) is 2.28. The Morgan fingerprint density at radius 1 is 1.15 bits per heavy atom. The molecular formula is C15H12FN3S. The summed E-state index contributed by atoms with van der Waals surface area (Å²) in [6.45, 7) is 0. The Morgan fingerprint density at radius 3 is 2.70 bits per heavy atom. The first-order valence-electron chi connectivity index (χ1n) is 6.03. The van der Waals surface area contributed by atoms with E-state index in [9.17, 15) is 4.39 Å². The van der Waals surface area contributed by atoms with E-state index in [2.05, 4.69) is 4.98 Å². The average Bonchev–Trinajstić information content (AvgIpc) is 2.80. The number of aromatic amines is 1. The van der Waals surface area contributed by atoms with Gasteiger partial charge in [0.15, 0.2) is 0 Å². The van der Waals surface area contributed by atoms with Gasteiger partial charge in [0.25, 0.3) is 0 Å². The molecule has 1 aromatic heterocycles. The summed E-state index contributed by atoms with van der Waals surface area (Å²) in [4.78, 5) is 3.89. The second kappa shape index (κ2) is 5.02. The topological polar surface area (TPSA) is 65.7 Å². The molecule has 0 atom stereocenters. The highest BCUT2D eigenvalue weighted by atomic mass is 32.2. The fraction of sp³-hybridized carbons (Fsp3) is 0. The highest BCUT2D eigenvalue weighted by molar-refractivity contribution is 7.99. The Kier molecular flexibility index (Phi) is 3.20. The lowest BCUT2D eigenvalue weighted by molar-refractivity contribution is 0.621. The fourth-order valence-electron chi connectivity index (χ4n) is 2.07. The van der Waals surface area contributed by atoms with Gasteiger partial charge in [-0.15, -0.1) is 0 Å². The van der Waals surface area contributed by atoms with Gasteiger partial charge in [-0.1, -0.05) is 36.0 Å². The second-order valence-electron chi connectivity index (χ2n) is 4.35. The lowest BCUT2D eigenvalue weighted by Gasteiger charge is -2.07. The Labute approximate surface area is 119 Å². The predicted molar refractivity (Wildman–Crippen MR) is 79.8 cm³/mol. The number of para-hydroxylation sites is 1. The normalized spacial score (nSPS) is 10.8. The molecule has 3 rings (SSSR count). The molecule has 0 saturated carbocycles. The molecule has 0 bridgehead atoms. The third-order valence-electron chi connectivity index (χ3n) is 2.97. The minimum atomic E-state index is -0.474. The molecule has 1 heterocycles. The molecule has 20 heavy (non-hydrogen) atoms. The van der Waals surface area contributed by atoms with Crippen molar-refractivity contribution in [3.05, 3.63) is 59.9 Å². The minimum absolute atomic E-state index is 0.149. The van der Waals surface area contributed by atoms with Gasteiger partial charge in [0.1, 0.15) is 11.7 Å². The van der Waals surface area contributed by atoms with E-state index in [0.29, 0.717) is 4.90 Å². The third-order valence-corrected chi connectivity index (χ3v) is 3.97. The van der Waals surface area contributed by atoms with Crippen LogP contribution in [0.25, 0.3) is 10.9 Å². The lowest BCUT2D eigenvalue weighted by Crippen LogP contribution is -2.14. The number of amidine groups is 1. The molecule has 0 unspecified atom stereocenters. The first-order valence-corrected chi connectivity index (χ1v) is 6.85. The number of H-pyrrole nitrogens is 1. The van der Waals surface area contributed by atoms with Crippen LogP contribution in [0.3, 0.4) is 0 Å². The van der Waals surface area contributed by atoms with Crippen molar-refractivity contribution >= 4 is 28.5 Å². The molecule has 100 valence electrons. The number of nitrogens with two attached hydrogens (primary N) is 1. The van der Waals surface area contributed by atoms with Crippen LogP contribution in [0, 0.1) is 11.2 Å². The van der Waals surface area contributed by atoms with E-state index in [1.807, 2.05) is 30.3 Å². The summed E-state index contributed by atoms with van der Waals surface area (Å²) in [5.74, 6) is -0.736. The van der Waals surface area contributed by atoms with Crippen molar-refractivity contribution in [1.29, 1.82) is 5.41 Å². The van der Waals surface area contributed by atoms with Crippen LogP contribution in [0.1, 0.15) is 5.56 Å². The summed E-state index contributed by atoms with van der Waals surface area (Å²) in [5, 5.41) is 9.49. The zero-order valence-electron chi connectivity index (χ0n) is 10.5. The van der Waals surface area contributed by atoms with Crippen molar-refractivity contribution in [3.8, 4) is 0 Å². The Morgan fingerprint density at radius 2 is 1.95 bits per heavy atom. The summed E-state index contributed by atoms with van der Waals surface area (Å²) < 4.78 is 13.8. The zero-order valence-corrected chi connectivity index (χ0v) is 11.3. The van der Waals surface area contributed by atoms with E-state index in [0.717, 1.165) is 15.9 Å². The molecule has 0 spiro atoms. The number of hydrogen-bond donors (Lipinski definition) is 3. The van der Waals surface area contributed by atoms with Gasteiger partial charge >= 0.3 is 0 Å². The summed E-state index contributed by atoms with van der Waals surface area (Å²) in [6, 6.07) is 14.6. The van der Waals surface area contributed by atoms with E-state index in [4.69, 9.17) is 11.1 Å². The van der Waals surface area contributed by atoms with Crippen molar-refractivity contribution in [2.75, 3.05) is 0 Å². The van der Waals surface area contributed by atoms with Crippen molar-refractivity contribution < 1.29 is 4.39 Å². The molecule has 3 nitrogen and oxygen atoms in total. The molecule has 0 aliphatic rings. The predicted octanol–water partition coefficient (Wildman–Crippen LogP) is 3.74. The number of hydrogen-bond acceptors (Lipinski definition) is 2. The Balaban J connectivity index is 2.02. The van der Waals surface area contributed by atoms with E-state index in [-0.39, 0.29) is 11.4 Å². The average molecular weight is 285 g/mol. The summed E-state index contributed by atoms with van der Waals surface area (Å²) in [5.41, 5.74) is 6.64. The van der Waals surface area contributed by atoms with Crippen molar-refractivity contribution in [2.24, 2.45) is 5.73 Å². The molecular weight excluding hydrogens is 273 g/mol. The summed E-state index contributed by atoms with van der Waals surface area (Å²) in [7, 11) is 0. The second-order valence-corrected chi connectivity index (χ2v) is 5.43. The lowest BCUT2D eigenvalue weighted by atomic mass is 10.2. The smallest absolute Gasteiger partial charge is 0.135 e. The summed E-state index contributed by atoms with van der Waals surface area (Å²) in [6.07, 6.45) is 0. The number of nitrogens with one attached hydrogen (secondary N) is 2. The molecule has 0 saturated heterocycles. The van der Waals surface area contributed by atoms with Gasteiger partial charge < -0.3 is 10.7 Å². The van der Waals surface area contributed by atoms with Gasteiger partial charge in [-0.2, -0.15) is 0 Å². The number of nitrogen functional groups attached to an aromatic ring is 1. The SMILES string of the molecule is N=C(N)c1c(F)cccc1Sc1cc2ccccc2[nH]1. The maximum absolute atomic E-state index is 13.8. The molecule has 0 fully saturated rings. The van der Waals surface area contributed by atoms with E-state index >= 15 is 0 Å². The van der Waals surface area contributed by atoms with Crippen LogP contribution in [0.5, 0.6) is 0 Å². The molecule has 0 radical (unpaired) electrons. The van der Waals surface area contributed by atoms with Gasteiger partial charge in [0, 0.05) is 15.8 Å². The van der Waals surface area contributed by atoms with E-state index in [1.165, 1.54) is 17.8 Å². The molecule has 4 N–H and O–H groups in total. The van der Waals surface area contributed by atoms with Gasteiger partial charge in [0.05, 0.1) is 10.6 Å². The Hall–Kier alpha value is -2.27. The molecule has 3 aromatic rings. The van der Waals surface area contributed by atoms with Crippen LogP contribution >= 0.6 is 11.8 Å². The minimum Gasteiger partial charge on any atom is -0.384 e. The number of fused-ring (bicyclic) bond motifs is 1. The van der Waals surface area contributed by atoms with E-state index < -0.39 is 5.82 Å². The van der Waals surface area contributed by atoms with Crippen LogP contribution in [-0.4, -0.2) is 10.8 Å². The van der Waals surface area contributed by atoms with Crippen LogP contribution in [0.4, 0.5) is 4.39 Å². The quantitative estimate of drug-likeness (QED) is 0.507. The van der Waals surface area contributed by atoms with Crippen LogP contribution in [0.2, 0.25) is 0 Å². The maximum Gasteiger partial charge on any atom is 0.135 e. The van der Waals surface area contributed by atoms with Gasteiger partial charge in [0.2, 0.25) is 0 Å². The number of halogens is 1. The van der Waals surface area contributed by atoms with Crippen LogP contribution in [-0.2, 0) is 0 Å². The highest BCUT2D eigenvalue weighted by Gasteiger charge is 2.13. The standard InChI is InChI=1S/C15H12FN3S/c16-10-5-3-7-12(14(10)15(17)18)20-13-8-9-4-1-2-6-11(9)19-13/h1-8,19H,(H3,17,18). The first-order chi connectivity index (χ1) is 9.65. The number of rotatable bonds is 3. The first kappa shape index (κ1) is 12.7. The van der Waals surface area contributed by atoms with Gasteiger partial charge in [-0.05, 0) is 24.3 Å². The molecule has 2 aromatic carbocycles. The maximum atomic E-state index is 13.8. The zero-order chi connectivity index (χ0) is 14.1. The highest BCUT2D eigenvalue weighted by Crippen LogP contribution is 2.32. The van der Waals surface area contributed by atoms with Crippen LogP contribution < -0.4 is 5.73 Å². The van der Waals surface area contributed by atoms with Crippen molar-refractivity contribution in [3.63, 3.8) is 0 Å². The van der Waals surface area contributed by atoms with Gasteiger partial charge in [-0.3, -0.25) is 5.41 Å². The monoisotopic (exact) mass is 285 g/mol. The van der Waals surface area contributed by atoms with Gasteiger partial charge in [-0.25, -0.2) is 4.39 Å². The molecule has 0 aliphatic heterocycles.